The fourth-order valence-electron chi connectivity index (χ4n) is 8.92. The van der Waals surface area contributed by atoms with Crippen molar-refractivity contribution in [3.63, 3.8) is 0 Å². The van der Waals surface area contributed by atoms with Gasteiger partial charge >= 0.3 is 5.97 Å². The maximum atomic E-state index is 14.3. The van der Waals surface area contributed by atoms with Crippen molar-refractivity contribution >= 4 is 17.6 Å². The summed E-state index contributed by atoms with van der Waals surface area (Å²) in [6.07, 6.45) is -7.48. The Labute approximate surface area is 331 Å². The molecule has 0 bridgehead atoms. The van der Waals surface area contributed by atoms with Crippen LogP contribution in [-0.2, 0) is 52.3 Å². The molecule has 4 heterocycles. The molecule has 12 unspecified atom stereocenters. The van der Waals surface area contributed by atoms with Gasteiger partial charge in [0.2, 0.25) is 0 Å². The van der Waals surface area contributed by atoms with Crippen molar-refractivity contribution in [1.82, 2.24) is 10.2 Å². The zero-order valence-corrected chi connectivity index (χ0v) is 35.6. The summed E-state index contributed by atoms with van der Waals surface area (Å²) in [7, 11) is 8.43. The zero-order valence-electron chi connectivity index (χ0n) is 35.6. The summed E-state index contributed by atoms with van der Waals surface area (Å²) in [5, 5.41) is 41.7. The van der Waals surface area contributed by atoms with Gasteiger partial charge < -0.3 is 68.3 Å². The van der Waals surface area contributed by atoms with Crippen molar-refractivity contribution in [2.24, 2.45) is 28.8 Å². The summed E-state index contributed by atoms with van der Waals surface area (Å²) in [5.74, 6) is -5.78. The van der Waals surface area contributed by atoms with E-state index in [0.29, 0.717) is 18.7 Å². The lowest BCUT2D eigenvalue weighted by atomic mass is 9.75. The Bertz CT molecular complexity index is 1350. The quantitative estimate of drug-likeness (QED) is 0.193. The van der Waals surface area contributed by atoms with Gasteiger partial charge in [0.25, 0.3) is 5.91 Å². The molecule has 324 valence electrons. The average molecular weight is 804 g/mol. The van der Waals surface area contributed by atoms with Gasteiger partial charge in [-0.15, -0.1) is 0 Å². The van der Waals surface area contributed by atoms with Gasteiger partial charge in [-0.25, -0.2) is 0 Å². The van der Waals surface area contributed by atoms with Gasteiger partial charge in [-0.2, -0.15) is 0 Å². The van der Waals surface area contributed by atoms with E-state index in [1.807, 2.05) is 27.9 Å². The number of cyclic esters (lactones) is 1. The van der Waals surface area contributed by atoms with Crippen LogP contribution < -0.4 is 5.32 Å². The number of aliphatic hydroxyl groups excluding tert-OH is 2. The van der Waals surface area contributed by atoms with Gasteiger partial charge in [0, 0.05) is 57.9 Å². The fraction of sp³-hybridized carbons (Fsp3) is 0.923. The van der Waals surface area contributed by atoms with Crippen molar-refractivity contribution in [3.05, 3.63) is 0 Å². The lowest BCUT2D eigenvalue weighted by Crippen LogP contribution is -2.69. The summed E-state index contributed by atoms with van der Waals surface area (Å²) < 4.78 is 51.5. The molecule has 17 atom stereocenters. The van der Waals surface area contributed by atoms with E-state index in [-0.39, 0.29) is 31.9 Å². The highest BCUT2D eigenvalue weighted by Crippen LogP contribution is 2.46. The predicted octanol–water partition coefficient (Wildman–Crippen LogP) is 1.58. The summed E-state index contributed by atoms with van der Waals surface area (Å²) in [4.78, 5) is 34.1. The van der Waals surface area contributed by atoms with Gasteiger partial charge in [-0.3, -0.25) is 9.59 Å². The predicted molar refractivity (Wildman–Crippen MR) is 202 cm³/mol. The minimum absolute atomic E-state index is 0.0941. The number of likely N-dealkylation sites (N-methyl/N-ethyl adjacent to an activating group) is 2. The Hall–Kier alpha value is -2.03. The third-order valence-corrected chi connectivity index (χ3v) is 12.6. The third-order valence-electron chi connectivity index (χ3n) is 12.6. The van der Waals surface area contributed by atoms with E-state index >= 15 is 0 Å². The summed E-state index contributed by atoms with van der Waals surface area (Å²) >= 11 is 0. The first-order valence-corrected chi connectivity index (χ1v) is 19.9. The Kier molecular flexibility index (Phi) is 15.8. The van der Waals surface area contributed by atoms with Crippen molar-refractivity contribution in [1.29, 1.82) is 0 Å². The molecule has 17 heteroatoms. The number of fused-ring (bicyclic) bond motifs is 2. The number of ether oxygens (including phenoxy) is 8. The van der Waals surface area contributed by atoms with Gasteiger partial charge in [-0.1, -0.05) is 32.9 Å². The maximum absolute atomic E-state index is 14.3. The number of rotatable bonds is 9. The van der Waals surface area contributed by atoms with Crippen LogP contribution >= 0.6 is 0 Å². The second kappa shape index (κ2) is 18.9. The number of oxime groups is 1. The molecule has 1 amide bonds. The molecule has 0 radical (unpaired) electrons. The van der Waals surface area contributed by atoms with E-state index < -0.39 is 108 Å². The lowest BCUT2D eigenvalue weighted by molar-refractivity contribution is -0.424. The largest absolute Gasteiger partial charge is 0.459 e. The lowest BCUT2D eigenvalue weighted by Gasteiger charge is -2.56. The number of nitrogens with one attached hydrogen (secondary N) is 1. The van der Waals surface area contributed by atoms with E-state index in [2.05, 4.69) is 15.4 Å². The smallest absolute Gasteiger partial charge is 0.311 e. The van der Waals surface area contributed by atoms with E-state index in [0.717, 1.165) is 0 Å². The molecule has 4 N–H and O–H groups in total. The van der Waals surface area contributed by atoms with Crippen LogP contribution in [0.5, 0.6) is 0 Å². The number of hydrogen-bond donors (Lipinski definition) is 4. The second-order valence-corrected chi connectivity index (χ2v) is 16.8. The number of nitrogens with zero attached hydrogens (tertiary/aromatic N) is 2. The SMILES string of the molecule is CCC1OC(=O)[C@H](C)C(OC2CC(C)(OC)C(O)C(C)O2)C(C)C2OC3OCCC(N(C)C)C3O[C@@]2(OC)CC(C)/C(=N\OCC(=O)NC)[C@H](C)[C@@H](O)[C@]1(C)O. The van der Waals surface area contributed by atoms with E-state index in [4.69, 9.17) is 42.7 Å². The van der Waals surface area contributed by atoms with Gasteiger partial charge in [-0.05, 0) is 54.6 Å². The van der Waals surface area contributed by atoms with E-state index in [9.17, 15) is 24.9 Å². The summed E-state index contributed by atoms with van der Waals surface area (Å²) in [6, 6.07) is -0.109. The minimum Gasteiger partial charge on any atom is -0.459 e. The third kappa shape index (κ3) is 9.54. The summed E-state index contributed by atoms with van der Waals surface area (Å²) in [5.41, 5.74) is -2.68. The molecule has 0 aromatic rings. The highest BCUT2D eigenvalue weighted by molar-refractivity contribution is 5.89. The molecule has 0 aliphatic carbocycles. The fourth-order valence-corrected chi connectivity index (χ4v) is 8.92. The number of hydrogen-bond acceptors (Lipinski definition) is 16. The number of aliphatic hydroxyl groups is 3. The second-order valence-electron chi connectivity index (χ2n) is 16.8. The average Bonchev–Trinajstić information content (AvgIpc) is 3.17. The molecule has 17 nitrogen and oxygen atoms in total. The molecule has 0 aromatic heterocycles. The zero-order chi connectivity index (χ0) is 41.9. The van der Waals surface area contributed by atoms with Crippen LogP contribution in [0.2, 0.25) is 0 Å². The molecule has 56 heavy (non-hydrogen) atoms. The van der Waals surface area contributed by atoms with Crippen LogP contribution in [0.3, 0.4) is 0 Å². The number of carbonyl (C=O) groups excluding carboxylic acids is 2. The van der Waals surface area contributed by atoms with Crippen LogP contribution in [0.1, 0.15) is 81.1 Å². The maximum Gasteiger partial charge on any atom is 0.311 e. The Balaban J connectivity index is 1.90. The van der Waals surface area contributed by atoms with E-state index in [1.54, 1.807) is 34.6 Å². The van der Waals surface area contributed by atoms with Crippen LogP contribution in [-0.4, -0.2) is 165 Å². The van der Waals surface area contributed by atoms with Crippen molar-refractivity contribution in [2.75, 3.05) is 48.6 Å². The van der Waals surface area contributed by atoms with Crippen LogP contribution in [0.4, 0.5) is 0 Å². The molecular weight excluding hydrogens is 734 g/mol. The van der Waals surface area contributed by atoms with Crippen molar-refractivity contribution in [2.45, 2.75) is 159 Å². The first kappa shape index (κ1) is 46.7. The number of carbonyl (C=O) groups is 2. The molecule has 4 saturated heterocycles. The molecule has 4 fully saturated rings. The topological polar surface area (TPSA) is 206 Å². The molecule has 0 saturated carbocycles. The van der Waals surface area contributed by atoms with Crippen molar-refractivity contribution in [3.8, 4) is 0 Å². The first-order chi connectivity index (χ1) is 26.2. The van der Waals surface area contributed by atoms with Gasteiger partial charge in [0.05, 0.1) is 42.1 Å². The van der Waals surface area contributed by atoms with E-state index in [1.165, 1.54) is 28.2 Å². The van der Waals surface area contributed by atoms with Crippen LogP contribution in [0.25, 0.3) is 0 Å². The Morgan fingerprint density at radius 2 is 1.70 bits per heavy atom. The first-order valence-electron chi connectivity index (χ1n) is 19.9. The molecule has 4 aliphatic heterocycles. The van der Waals surface area contributed by atoms with Crippen LogP contribution in [0.15, 0.2) is 5.16 Å². The van der Waals surface area contributed by atoms with Crippen LogP contribution in [0, 0.1) is 23.7 Å². The van der Waals surface area contributed by atoms with Gasteiger partial charge in [0.15, 0.2) is 25.0 Å². The highest BCUT2D eigenvalue weighted by atomic mass is 16.8. The Morgan fingerprint density at radius 1 is 1.02 bits per heavy atom. The minimum atomic E-state index is -1.97. The molecule has 4 rings (SSSR count). The normalized spacial score (nSPS) is 46.3. The number of esters is 1. The number of amides is 1. The van der Waals surface area contributed by atoms with Gasteiger partial charge in [0.1, 0.15) is 30.0 Å². The standard InChI is InChI=1S/C39H69N3O14/c1-14-26-38(8,47)32(44)21(3)29(41-51-19-27(43)40-9)20(2)17-39(49-13)34(55-36-31(56-39)25(42(10)11)15-16-50-36)22(4)30(23(5)35(46)53-26)54-28-18-37(7,48-12)33(45)24(6)52-28/h20-26,28,30-34,36,44-45,47H,14-19H2,1-13H3,(H,40,43)/b41-29+/t20?,21-,22?,23+,24?,25?,26?,28?,30?,31?,32+,33?,34?,36?,37?,38+,39-/m0/s1. The molecular formula is C39H69N3O14. The van der Waals surface area contributed by atoms with Crippen molar-refractivity contribution < 1.29 is 67.6 Å². The molecule has 0 aromatic carbocycles. The Morgan fingerprint density at radius 3 is 2.29 bits per heavy atom. The highest BCUT2D eigenvalue weighted by Gasteiger charge is 2.60. The molecule has 0 spiro atoms. The monoisotopic (exact) mass is 803 g/mol. The summed E-state index contributed by atoms with van der Waals surface area (Å²) in [6.45, 7) is 13.8. The number of methoxy groups -OCH3 is 2. The molecule has 4 aliphatic rings.